The van der Waals surface area contributed by atoms with Gasteiger partial charge >= 0.3 is 6.03 Å². The number of amides is 2. The first-order chi connectivity index (χ1) is 14.7. The summed E-state index contributed by atoms with van der Waals surface area (Å²) in [6.45, 7) is 5.98. The summed E-state index contributed by atoms with van der Waals surface area (Å²) >= 11 is 1.75. The molecule has 1 aliphatic heterocycles. The zero-order chi connectivity index (χ0) is 20.8. The van der Waals surface area contributed by atoms with E-state index in [0.717, 1.165) is 31.9 Å². The minimum absolute atomic E-state index is 0.0179. The third-order valence-corrected chi connectivity index (χ3v) is 6.47. The van der Waals surface area contributed by atoms with Crippen molar-refractivity contribution in [2.45, 2.75) is 19.0 Å². The van der Waals surface area contributed by atoms with Gasteiger partial charge in [-0.25, -0.2) is 4.79 Å². The number of carbonyl (C=O) groups excluding carboxylic acids is 1. The van der Waals surface area contributed by atoms with Crippen molar-refractivity contribution in [2.75, 3.05) is 36.4 Å². The minimum Gasteiger partial charge on any atom is -0.369 e. The van der Waals surface area contributed by atoms with Crippen molar-refractivity contribution in [3.05, 3.63) is 83.1 Å². The summed E-state index contributed by atoms with van der Waals surface area (Å²) in [6.07, 6.45) is 0. The number of urea groups is 1. The normalized spacial score (nSPS) is 16.6. The molecule has 30 heavy (non-hydrogen) atoms. The van der Waals surface area contributed by atoms with E-state index in [2.05, 4.69) is 75.2 Å². The molecule has 2 N–H and O–H groups in total. The van der Waals surface area contributed by atoms with Crippen LogP contribution in [0, 0.1) is 0 Å². The fourth-order valence-corrected chi connectivity index (χ4v) is 5.04. The molecule has 4 rings (SSSR count). The smallest absolute Gasteiger partial charge is 0.319 e. The van der Waals surface area contributed by atoms with Gasteiger partial charge in [0.25, 0.3) is 0 Å². The maximum atomic E-state index is 12.6. The van der Waals surface area contributed by atoms with E-state index in [0.29, 0.717) is 0 Å². The average Bonchev–Trinajstić information content (AvgIpc) is 3.30. The number of para-hydroxylation sites is 2. The van der Waals surface area contributed by atoms with Crippen LogP contribution < -0.4 is 15.5 Å². The standard InChI is InChI=1S/C24H28N4OS/c1-19(25-24(29)26-20-9-4-2-5-10-20)23(22-13-8-18-30-22)28-16-14-27(15-17-28)21-11-6-3-7-12-21/h2-13,18-19,23H,14-17H2,1H3,(H2,25,26,29)/t19-,23+/m1/s1. The molecule has 0 saturated carbocycles. The fourth-order valence-electron chi connectivity index (χ4n) is 4.07. The maximum absolute atomic E-state index is 12.6. The molecule has 2 atom stereocenters. The van der Waals surface area contributed by atoms with Crippen molar-refractivity contribution >= 4 is 28.7 Å². The molecule has 1 aliphatic rings. The lowest BCUT2D eigenvalue weighted by Crippen LogP contribution is -2.52. The Morgan fingerprint density at radius 2 is 1.57 bits per heavy atom. The number of rotatable bonds is 6. The van der Waals surface area contributed by atoms with Crippen LogP contribution in [0.5, 0.6) is 0 Å². The molecule has 2 heterocycles. The second kappa shape index (κ2) is 9.78. The molecule has 1 fully saturated rings. The number of hydrogen-bond acceptors (Lipinski definition) is 4. The Bertz CT molecular complexity index is 909. The lowest BCUT2D eigenvalue weighted by molar-refractivity contribution is 0.157. The largest absolute Gasteiger partial charge is 0.369 e. The van der Waals surface area contributed by atoms with Gasteiger partial charge in [0.1, 0.15) is 0 Å². The number of benzene rings is 2. The van der Waals surface area contributed by atoms with E-state index >= 15 is 0 Å². The molecule has 6 heteroatoms. The summed E-state index contributed by atoms with van der Waals surface area (Å²) < 4.78 is 0. The molecule has 3 aromatic rings. The van der Waals surface area contributed by atoms with Crippen molar-refractivity contribution in [3.63, 3.8) is 0 Å². The number of thiophene rings is 1. The highest BCUT2D eigenvalue weighted by molar-refractivity contribution is 7.10. The number of nitrogens with one attached hydrogen (secondary N) is 2. The Labute approximate surface area is 182 Å². The molecule has 0 aliphatic carbocycles. The molecule has 1 saturated heterocycles. The van der Waals surface area contributed by atoms with Gasteiger partial charge in [0.05, 0.1) is 6.04 Å². The number of piperazine rings is 1. The van der Waals surface area contributed by atoms with E-state index in [1.54, 1.807) is 11.3 Å². The van der Waals surface area contributed by atoms with Crippen molar-refractivity contribution in [1.29, 1.82) is 0 Å². The van der Waals surface area contributed by atoms with Crippen LogP contribution in [0.4, 0.5) is 16.2 Å². The molecule has 2 amide bonds. The third kappa shape index (κ3) is 5.01. The summed E-state index contributed by atoms with van der Waals surface area (Å²) in [5, 5.41) is 8.20. The van der Waals surface area contributed by atoms with Crippen LogP contribution in [-0.4, -0.2) is 43.2 Å². The van der Waals surface area contributed by atoms with Crippen LogP contribution in [0.25, 0.3) is 0 Å². The van der Waals surface area contributed by atoms with E-state index in [1.807, 2.05) is 30.3 Å². The minimum atomic E-state index is -0.168. The van der Waals surface area contributed by atoms with Crippen molar-refractivity contribution in [3.8, 4) is 0 Å². The van der Waals surface area contributed by atoms with Crippen molar-refractivity contribution < 1.29 is 4.79 Å². The zero-order valence-corrected chi connectivity index (χ0v) is 18.0. The summed E-state index contributed by atoms with van der Waals surface area (Å²) in [6, 6.07) is 24.4. The van der Waals surface area contributed by atoms with E-state index < -0.39 is 0 Å². The van der Waals surface area contributed by atoms with Gasteiger partial charge in [0.15, 0.2) is 0 Å². The molecule has 0 bridgehead atoms. The molecule has 156 valence electrons. The van der Waals surface area contributed by atoms with Crippen LogP contribution >= 0.6 is 11.3 Å². The van der Waals surface area contributed by atoms with Crippen LogP contribution in [0.15, 0.2) is 78.2 Å². The molecule has 0 spiro atoms. The van der Waals surface area contributed by atoms with Gasteiger partial charge in [-0.2, -0.15) is 0 Å². The van der Waals surface area contributed by atoms with Crippen molar-refractivity contribution in [1.82, 2.24) is 10.2 Å². The van der Waals surface area contributed by atoms with Crippen LogP contribution in [-0.2, 0) is 0 Å². The Kier molecular flexibility index (Phi) is 6.67. The van der Waals surface area contributed by atoms with Gasteiger partial charge in [0, 0.05) is 48.5 Å². The van der Waals surface area contributed by atoms with E-state index in [4.69, 9.17) is 0 Å². The Morgan fingerprint density at radius 1 is 0.900 bits per heavy atom. The fraction of sp³-hybridized carbons (Fsp3) is 0.292. The average molecular weight is 421 g/mol. The Hall–Kier alpha value is -2.83. The number of nitrogens with zero attached hydrogens (tertiary/aromatic N) is 2. The number of anilines is 2. The lowest BCUT2D eigenvalue weighted by atomic mass is 10.0. The first-order valence-corrected chi connectivity index (χ1v) is 11.3. The maximum Gasteiger partial charge on any atom is 0.319 e. The van der Waals surface area contributed by atoms with Gasteiger partial charge in [-0.1, -0.05) is 42.5 Å². The van der Waals surface area contributed by atoms with Crippen LogP contribution in [0.3, 0.4) is 0 Å². The SMILES string of the molecule is C[C@@H](NC(=O)Nc1ccccc1)[C@@H](c1cccs1)N1CCN(c2ccccc2)CC1. The second-order valence-corrected chi connectivity index (χ2v) is 8.55. The van der Waals surface area contributed by atoms with Crippen LogP contribution in [0.1, 0.15) is 17.8 Å². The monoisotopic (exact) mass is 420 g/mol. The van der Waals surface area contributed by atoms with E-state index in [-0.39, 0.29) is 18.1 Å². The van der Waals surface area contributed by atoms with Crippen molar-refractivity contribution in [2.24, 2.45) is 0 Å². The van der Waals surface area contributed by atoms with Gasteiger partial charge in [-0.15, -0.1) is 11.3 Å². The highest BCUT2D eigenvalue weighted by atomic mass is 32.1. The first kappa shape index (κ1) is 20.4. The Morgan fingerprint density at radius 3 is 2.20 bits per heavy atom. The lowest BCUT2D eigenvalue weighted by Gasteiger charge is -2.42. The third-order valence-electron chi connectivity index (χ3n) is 5.53. The number of hydrogen-bond donors (Lipinski definition) is 2. The van der Waals surface area contributed by atoms with Gasteiger partial charge in [0.2, 0.25) is 0 Å². The van der Waals surface area contributed by atoms with E-state index in [9.17, 15) is 4.79 Å². The molecule has 5 nitrogen and oxygen atoms in total. The van der Waals surface area contributed by atoms with E-state index in [1.165, 1.54) is 10.6 Å². The molecule has 0 unspecified atom stereocenters. The molecule has 2 aromatic carbocycles. The predicted octanol–water partition coefficient (Wildman–Crippen LogP) is 4.82. The topological polar surface area (TPSA) is 47.6 Å². The Balaban J connectivity index is 1.41. The summed E-state index contributed by atoms with van der Waals surface area (Å²) in [4.78, 5) is 18.8. The molecule has 1 aromatic heterocycles. The summed E-state index contributed by atoms with van der Waals surface area (Å²) in [7, 11) is 0. The summed E-state index contributed by atoms with van der Waals surface area (Å²) in [5.74, 6) is 0. The first-order valence-electron chi connectivity index (χ1n) is 10.4. The highest BCUT2D eigenvalue weighted by Gasteiger charge is 2.30. The quantitative estimate of drug-likeness (QED) is 0.601. The molecular formula is C24H28N4OS. The second-order valence-electron chi connectivity index (χ2n) is 7.57. The zero-order valence-electron chi connectivity index (χ0n) is 17.2. The van der Waals surface area contributed by atoms with Gasteiger partial charge < -0.3 is 15.5 Å². The summed E-state index contributed by atoms with van der Waals surface area (Å²) in [5.41, 5.74) is 2.07. The van der Waals surface area contributed by atoms with Gasteiger partial charge in [-0.3, -0.25) is 4.90 Å². The highest BCUT2D eigenvalue weighted by Crippen LogP contribution is 2.30. The molecular weight excluding hydrogens is 392 g/mol. The molecule has 0 radical (unpaired) electrons. The number of carbonyl (C=O) groups is 1. The van der Waals surface area contributed by atoms with Gasteiger partial charge in [-0.05, 0) is 42.6 Å². The predicted molar refractivity (Wildman–Crippen MR) is 125 cm³/mol. The van der Waals surface area contributed by atoms with Crippen LogP contribution in [0.2, 0.25) is 0 Å².